The van der Waals surface area contributed by atoms with Crippen LogP contribution in [0.2, 0.25) is 0 Å². The SMILES string of the molecule is CCCCCC(/C=C/c1ccc(C(F)(F)F)cc1)OC(C)=O. The molecule has 1 atom stereocenters. The summed E-state index contributed by atoms with van der Waals surface area (Å²) in [6.07, 6.45) is 2.49. The average Bonchev–Trinajstić information content (AvgIpc) is 2.44. The van der Waals surface area contributed by atoms with Crippen molar-refractivity contribution in [2.75, 3.05) is 0 Å². The van der Waals surface area contributed by atoms with Crippen molar-refractivity contribution in [3.05, 3.63) is 41.5 Å². The smallest absolute Gasteiger partial charge is 0.416 e. The van der Waals surface area contributed by atoms with Crippen molar-refractivity contribution in [3.8, 4) is 0 Å². The molecule has 0 N–H and O–H groups in total. The number of alkyl halides is 3. The first-order valence-electron chi connectivity index (χ1n) is 7.35. The fourth-order valence-electron chi connectivity index (χ4n) is 2.00. The third-order valence-electron chi connectivity index (χ3n) is 3.15. The quantitative estimate of drug-likeness (QED) is 0.509. The number of rotatable bonds is 7. The molecular weight excluding hydrogens is 293 g/mol. The van der Waals surface area contributed by atoms with Gasteiger partial charge >= 0.3 is 12.1 Å². The Labute approximate surface area is 129 Å². The topological polar surface area (TPSA) is 26.3 Å². The Morgan fingerprint density at radius 1 is 1.23 bits per heavy atom. The van der Waals surface area contributed by atoms with Crippen molar-refractivity contribution in [2.45, 2.75) is 51.8 Å². The molecule has 0 aliphatic heterocycles. The largest absolute Gasteiger partial charge is 0.458 e. The number of carbonyl (C=O) groups excluding carboxylic acids is 1. The molecule has 1 unspecified atom stereocenters. The molecule has 0 radical (unpaired) electrons. The Bertz CT molecular complexity index is 490. The van der Waals surface area contributed by atoms with Gasteiger partial charge in [0.2, 0.25) is 0 Å². The Balaban J connectivity index is 2.70. The molecule has 22 heavy (non-hydrogen) atoms. The normalized spacial score (nSPS) is 13.3. The maximum absolute atomic E-state index is 12.5. The minimum absolute atomic E-state index is 0.341. The molecule has 1 rings (SSSR count). The van der Waals surface area contributed by atoms with Gasteiger partial charge in [-0.1, -0.05) is 38.0 Å². The minimum Gasteiger partial charge on any atom is -0.458 e. The molecular formula is C17H21F3O2. The van der Waals surface area contributed by atoms with Crippen molar-refractivity contribution in [2.24, 2.45) is 0 Å². The van der Waals surface area contributed by atoms with Crippen molar-refractivity contribution in [1.82, 2.24) is 0 Å². The highest BCUT2D eigenvalue weighted by molar-refractivity contribution is 5.66. The molecule has 0 heterocycles. The summed E-state index contributed by atoms with van der Waals surface area (Å²) in [4.78, 5) is 11.1. The van der Waals surface area contributed by atoms with Crippen LogP contribution < -0.4 is 0 Å². The summed E-state index contributed by atoms with van der Waals surface area (Å²) in [6, 6.07) is 4.88. The molecule has 0 fully saturated rings. The van der Waals surface area contributed by atoms with Crippen LogP contribution in [0.3, 0.4) is 0 Å². The third kappa shape index (κ3) is 6.78. The predicted octanol–water partition coefficient (Wildman–Crippen LogP) is 5.23. The molecule has 5 heteroatoms. The molecule has 0 aromatic heterocycles. The fraction of sp³-hybridized carbons (Fsp3) is 0.471. The lowest BCUT2D eigenvalue weighted by atomic mass is 10.1. The molecule has 0 aliphatic carbocycles. The van der Waals surface area contributed by atoms with E-state index in [4.69, 9.17) is 4.74 Å². The molecule has 0 amide bonds. The van der Waals surface area contributed by atoms with E-state index in [2.05, 4.69) is 6.92 Å². The van der Waals surface area contributed by atoms with Crippen LogP contribution in [0, 0.1) is 0 Å². The Hall–Kier alpha value is -1.78. The summed E-state index contributed by atoms with van der Waals surface area (Å²) in [5.74, 6) is -0.362. The zero-order valence-electron chi connectivity index (χ0n) is 12.8. The first kappa shape index (κ1) is 18.3. The van der Waals surface area contributed by atoms with E-state index in [1.807, 2.05) is 0 Å². The van der Waals surface area contributed by atoms with Crippen molar-refractivity contribution in [3.63, 3.8) is 0 Å². The molecule has 0 bridgehead atoms. The third-order valence-corrected chi connectivity index (χ3v) is 3.15. The number of hydrogen-bond donors (Lipinski definition) is 0. The number of halogens is 3. The first-order valence-corrected chi connectivity index (χ1v) is 7.35. The highest BCUT2D eigenvalue weighted by Gasteiger charge is 2.29. The first-order chi connectivity index (χ1) is 10.3. The number of ether oxygens (including phenoxy) is 1. The lowest BCUT2D eigenvalue weighted by Crippen LogP contribution is -2.13. The highest BCUT2D eigenvalue weighted by atomic mass is 19.4. The monoisotopic (exact) mass is 314 g/mol. The highest BCUT2D eigenvalue weighted by Crippen LogP contribution is 2.29. The van der Waals surface area contributed by atoms with E-state index in [0.29, 0.717) is 12.0 Å². The molecule has 1 aromatic carbocycles. The summed E-state index contributed by atoms with van der Waals surface area (Å²) in [7, 11) is 0. The summed E-state index contributed by atoms with van der Waals surface area (Å²) in [5, 5.41) is 0. The van der Waals surface area contributed by atoms with E-state index < -0.39 is 11.7 Å². The second-order valence-corrected chi connectivity index (χ2v) is 5.12. The van der Waals surface area contributed by atoms with E-state index in [1.165, 1.54) is 19.1 Å². The fourth-order valence-corrected chi connectivity index (χ4v) is 2.00. The van der Waals surface area contributed by atoms with E-state index in [-0.39, 0.29) is 12.1 Å². The van der Waals surface area contributed by atoms with Gasteiger partial charge in [0.1, 0.15) is 6.10 Å². The molecule has 2 nitrogen and oxygen atoms in total. The van der Waals surface area contributed by atoms with Gasteiger partial charge in [-0.2, -0.15) is 13.2 Å². The van der Waals surface area contributed by atoms with E-state index in [0.717, 1.165) is 31.4 Å². The van der Waals surface area contributed by atoms with Crippen molar-refractivity contribution in [1.29, 1.82) is 0 Å². The van der Waals surface area contributed by atoms with Crippen LogP contribution in [0.25, 0.3) is 6.08 Å². The average molecular weight is 314 g/mol. The van der Waals surface area contributed by atoms with Crippen molar-refractivity contribution >= 4 is 12.0 Å². The van der Waals surface area contributed by atoms with Crippen LogP contribution in [-0.4, -0.2) is 12.1 Å². The van der Waals surface area contributed by atoms with Gasteiger partial charge in [0, 0.05) is 6.92 Å². The molecule has 0 saturated carbocycles. The van der Waals surface area contributed by atoms with Crippen LogP contribution >= 0.6 is 0 Å². The van der Waals surface area contributed by atoms with Crippen LogP contribution in [0.1, 0.15) is 50.7 Å². The molecule has 122 valence electrons. The number of benzene rings is 1. The summed E-state index contributed by atoms with van der Waals surface area (Å²) >= 11 is 0. The second kappa shape index (κ2) is 8.61. The number of hydrogen-bond acceptors (Lipinski definition) is 2. The van der Waals surface area contributed by atoms with Gasteiger partial charge in [-0.15, -0.1) is 0 Å². The van der Waals surface area contributed by atoms with Gasteiger partial charge in [0.05, 0.1) is 5.56 Å². The van der Waals surface area contributed by atoms with E-state index >= 15 is 0 Å². The minimum atomic E-state index is -4.33. The lowest BCUT2D eigenvalue weighted by Gasteiger charge is -2.13. The molecule has 1 aromatic rings. The van der Waals surface area contributed by atoms with Crippen LogP contribution in [0.4, 0.5) is 13.2 Å². The van der Waals surface area contributed by atoms with Gasteiger partial charge in [-0.25, -0.2) is 0 Å². The predicted molar refractivity (Wildman–Crippen MR) is 80.2 cm³/mol. The Morgan fingerprint density at radius 2 is 1.86 bits per heavy atom. The molecule has 0 saturated heterocycles. The Morgan fingerprint density at radius 3 is 2.36 bits per heavy atom. The summed E-state index contributed by atoms with van der Waals surface area (Å²) in [5.41, 5.74) is -0.0372. The van der Waals surface area contributed by atoms with Gasteiger partial charge in [0.15, 0.2) is 0 Å². The van der Waals surface area contributed by atoms with Gasteiger partial charge in [-0.05, 0) is 36.6 Å². The Kier molecular flexibility index (Phi) is 7.15. The summed E-state index contributed by atoms with van der Waals surface area (Å²) in [6.45, 7) is 3.43. The van der Waals surface area contributed by atoms with Crippen LogP contribution in [0.5, 0.6) is 0 Å². The number of carbonyl (C=O) groups is 1. The maximum atomic E-state index is 12.5. The lowest BCUT2D eigenvalue weighted by molar-refractivity contribution is -0.144. The van der Waals surface area contributed by atoms with Crippen LogP contribution in [0.15, 0.2) is 30.3 Å². The summed E-state index contributed by atoms with van der Waals surface area (Å²) < 4.78 is 42.6. The maximum Gasteiger partial charge on any atom is 0.416 e. The second-order valence-electron chi connectivity index (χ2n) is 5.12. The van der Waals surface area contributed by atoms with Gasteiger partial charge in [0.25, 0.3) is 0 Å². The van der Waals surface area contributed by atoms with E-state index in [9.17, 15) is 18.0 Å². The standard InChI is InChI=1S/C17H21F3O2/c1-3-4-5-6-16(22-13(2)21)12-9-14-7-10-15(11-8-14)17(18,19)20/h7-12,16H,3-6H2,1-2H3/b12-9+. The van der Waals surface area contributed by atoms with Gasteiger partial charge in [-0.3, -0.25) is 4.79 Å². The van der Waals surface area contributed by atoms with Gasteiger partial charge < -0.3 is 4.74 Å². The molecule has 0 spiro atoms. The zero-order valence-corrected chi connectivity index (χ0v) is 12.8. The molecule has 0 aliphatic rings. The van der Waals surface area contributed by atoms with Crippen molar-refractivity contribution < 1.29 is 22.7 Å². The number of esters is 1. The zero-order chi connectivity index (χ0) is 16.6. The van der Waals surface area contributed by atoms with Crippen LogP contribution in [-0.2, 0) is 15.7 Å². The number of unbranched alkanes of at least 4 members (excludes halogenated alkanes) is 2. The van der Waals surface area contributed by atoms with E-state index in [1.54, 1.807) is 12.2 Å².